The van der Waals surface area contributed by atoms with Crippen LogP contribution in [0.25, 0.3) is 11.1 Å². The lowest BCUT2D eigenvalue weighted by Gasteiger charge is -2.10. The number of benzene rings is 2. The zero-order valence-corrected chi connectivity index (χ0v) is 11.5. The maximum atomic E-state index is 5.81. The molecule has 0 saturated carbocycles. The van der Waals surface area contributed by atoms with E-state index < -0.39 is 0 Å². The number of ether oxygens (including phenoxy) is 1. The summed E-state index contributed by atoms with van der Waals surface area (Å²) < 4.78 is 6.73. The lowest BCUT2D eigenvalue weighted by atomic mass is 9.98. The quantitative estimate of drug-likeness (QED) is 0.921. The van der Waals surface area contributed by atoms with Crippen molar-refractivity contribution in [3.8, 4) is 16.9 Å². The maximum absolute atomic E-state index is 5.81. The highest BCUT2D eigenvalue weighted by Crippen LogP contribution is 2.35. The molecule has 1 aliphatic rings. The predicted octanol–water partition coefficient (Wildman–Crippen LogP) is 3.51. The van der Waals surface area contributed by atoms with Crippen molar-refractivity contribution in [2.24, 2.45) is 5.73 Å². The summed E-state index contributed by atoms with van der Waals surface area (Å²) in [4.78, 5) is 0. The molecule has 0 spiro atoms. The third-order valence-corrected chi connectivity index (χ3v) is 3.73. The number of nitrogens with two attached hydrogens (primary N) is 1. The second-order valence-corrected chi connectivity index (χ2v) is 5.35. The van der Waals surface area contributed by atoms with Gasteiger partial charge in [-0.3, -0.25) is 0 Å². The first-order valence-electron chi connectivity index (χ1n) is 6.02. The first-order chi connectivity index (χ1) is 8.78. The number of hydrogen-bond acceptors (Lipinski definition) is 2. The van der Waals surface area contributed by atoms with Crippen LogP contribution in [0.3, 0.4) is 0 Å². The van der Waals surface area contributed by atoms with Crippen LogP contribution in [0.2, 0.25) is 0 Å². The predicted molar refractivity (Wildman–Crippen MR) is 76.7 cm³/mol. The number of hydrogen-bond donors (Lipinski definition) is 1. The van der Waals surface area contributed by atoms with E-state index in [1.807, 2.05) is 12.1 Å². The van der Waals surface area contributed by atoms with Gasteiger partial charge in [0.15, 0.2) is 0 Å². The van der Waals surface area contributed by atoms with Gasteiger partial charge >= 0.3 is 0 Å². The Labute approximate surface area is 115 Å². The standard InChI is InChI=1S/C15H14BrNO/c16-14-3-1-2-10(8-14)12-6-11-4-5-18-15(11)13(7-12)9-17/h1-3,6-8H,4-5,9,17H2. The summed E-state index contributed by atoms with van der Waals surface area (Å²) in [6.07, 6.45) is 0.976. The van der Waals surface area contributed by atoms with Gasteiger partial charge in [0, 0.05) is 23.0 Å². The third-order valence-electron chi connectivity index (χ3n) is 3.24. The molecule has 0 radical (unpaired) electrons. The minimum atomic E-state index is 0.518. The minimum absolute atomic E-state index is 0.518. The van der Waals surface area contributed by atoms with Crippen LogP contribution >= 0.6 is 15.9 Å². The van der Waals surface area contributed by atoms with Crippen molar-refractivity contribution >= 4 is 15.9 Å². The highest BCUT2D eigenvalue weighted by Gasteiger charge is 2.17. The molecule has 2 N–H and O–H groups in total. The Bertz CT molecular complexity index is 595. The van der Waals surface area contributed by atoms with Crippen LogP contribution in [-0.4, -0.2) is 6.61 Å². The van der Waals surface area contributed by atoms with Crippen LogP contribution in [0.15, 0.2) is 40.9 Å². The van der Waals surface area contributed by atoms with Crippen LogP contribution < -0.4 is 10.5 Å². The van der Waals surface area contributed by atoms with E-state index in [2.05, 4.69) is 40.2 Å². The number of rotatable bonds is 2. The summed E-state index contributed by atoms with van der Waals surface area (Å²) in [5.74, 6) is 0.997. The number of fused-ring (bicyclic) bond motifs is 1. The molecule has 1 aliphatic heterocycles. The SMILES string of the molecule is NCc1cc(-c2cccc(Br)c2)cc2c1OCC2. The molecule has 0 fully saturated rings. The summed E-state index contributed by atoms with van der Waals surface area (Å²) in [7, 11) is 0. The molecule has 0 aliphatic carbocycles. The minimum Gasteiger partial charge on any atom is -0.493 e. The van der Waals surface area contributed by atoms with E-state index in [4.69, 9.17) is 10.5 Å². The fraction of sp³-hybridized carbons (Fsp3) is 0.200. The van der Waals surface area contributed by atoms with Crippen molar-refractivity contribution in [2.45, 2.75) is 13.0 Å². The van der Waals surface area contributed by atoms with Crippen LogP contribution in [0, 0.1) is 0 Å². The molecule has 0 bridgehead atoms. The molecule has 1 heterocycles. The van der Waals surface area contributed by atoms with E-state index >= 15 is 0 Å². The monoisotopic (exact) mass is 303 g/mol. The first kappa shape index (κ1) is 11.8. The molecule has 0 saturated heterocycles. The molecular weight excluding hydrogens is 290 g/mol. The molecule has 2 aromatic carbocycles. The zero-order chi connectivity index (χ0) is 12.5. The Hall–Kier alpha value is -1.32. The van der Waals surface area contributed by atoms with Gasteiger partial charge in [0.2, 0.25) is 0 Å². The fourth-order valence-corrected chi connectivity index (χ4v) is 2.77. The van der Waals surface area contributed by atoms with Crippen molar-refractivity contribution in [1.29, 1.82) is 0 Å². The summed E-state index contributed by atoms with van der Waals surface area (Å²) in [5, 5.41) is 0. The van der Waals surface area contributed by atoms with Gasteiger partial charge in [0.25, 0.3) is 0 Å². The molecule has 0 aromatic heterocycles. The Morgan fingerprint density at radius 3 is 2.83 bits per heavy atom. The average molecular weight is 304 g/mol. The molecular formula is C15H14BrNO. The average Bonchev–Trinajstić information content (AvgIpc) is 2.85. The van der Waals surface area contributed by atoms with Gasteiger partial charge in [-0.2, -0.15) is 0 Å². The van der Waals surface area contributed by atoms with E-state index in [1.54, 1.807) is 0 Å². The molecule has 2 nitrogen and oxygen atoms in total. The Kier molecular flexibility index (Phi) is 3.10. The lowest BCUT2D eigenvalue weighted by Crippen LogP contribution is -2.00. The van der Waals surface area contributed by atoms with Crippen LogP contribution in [-0.2, 0) is 13.0 Å². The third kappa shape index (κ3) is 2.04. The highest BCUT2D eigenvalue weighted by molar-refractivity contribution is 9.10. The van der Waals surface area contributed by atoms with Crippen molar-refractivity contribution in [2.75, 3.05) is 6.61 Å². The van der Waals surface area contributed by atoms with Crippen molar-refractivity contribution < 1.29 is 4.74 Å². The fourth-order valence-electron chi connectivity index (χ4n) is 2.37. The normalized spacial score (nSPS) is 13.2. The van der Waals surface area contributed by atoms with Gasteiger partial charge in [0.05, 0.1) is 6.61 Å². The highest BCUT2D eigenvalue weighted by atomic mass is 79.9. The first-order valence-corrected chi connectivity index (χ1v) is 6.82. The summed E-state index contributed by atoms with van der Waals surface area (Å²) in [5.41, 5.74) is 10.6. The lowest BCUT2D eigenvalue weighted by molar-refractivity contribution is 0.353. The van der Waals surface area contributed by atoms with E-state index in [0.717, 1.165) is 28.8 Å². The second-order valence-electron chi connectivity index (χ2n) is 4.44. The largest absolute Gasteiger partial charge is 0.493 e. The molecule has 18 heavy (non-hydrogen) atoms. The van der Waals surface area contributed by atoms with Gasteiger partial charge in [-0.25, -0.2) is 0 Å². The van der Waals surface area contributed by atoms with Crippen LogP contribution in [0.1, 0.15) is 11.1 Å². The zero-order valence-electron chi connectivity index (χ0n) is 9.95. The van der Waals surface area contributed by atoms with Crippen molar-refractivity contribution in [3.05, 3.63) is 52.0 Å². The molecule has 2 aromatic rings. The molecule has 3 heteroatoms. The van der Waals surface area contributed by atoms with Crippen molar-refractivity contribution in [3.63, 3.8) is 0 Å². The smallest absolute Gasteiger partial charge is 0.127 e. The molecule has 3 rings (SSSR count). The second kappa shape index (κ2) is 4.75. The molecule has 0 atom stereocenters. The molecule has 0 unspecified atom stereocenters. The van der Waals surface area contributed by atoms with Gasteiger partial charge in [0.1, 0.15) is 5.75 Å². The van der Waals surface area contributed by atoms with E-state index in [1.165, 1.54) is 16.7 Å². The summed E-state index contributed by atoms with van der Waals surface area (Å²) in [6, 6.07) is 12.7. The van der Waals surface area contributed by atoms with Gasteiger partial charge in [-0.05, 0) is 41.0 Å². The number of halogens is 1. The van der Waals surface area contributed by atoms with Crippen molar-refractivity contribution in [1.82, 2.24) is 0 Å². The van der Waals surface area contributed by atoms with Gasteiger partial charge in [-0.15, -0.1) is 0 Å². The topological polar surface area (TPSA) is 35.2 Å². The molecule has 0 amide bonds. The van der Waals surface area contributed by atoms with Crippen LogP contribution in [0.4, 0.5) is 0 Å². The van der Waals surface area contributed by atoms with E-state index in [-0.39, 0.29) is 0 Å². The van der Waals surface area contributed by atoms with E-state index in [0.29, 0.717) is 6.54 Å². The van der Waals surface area contributed by atoms with Gasteiger partial charge in [-0.1, -0.05) is 28.1 Å². The molecule has 92 valence electrons. The van der Waals surface area contributed by atoms with Crippen LogP contribution in [0.5, 0.6) is 5.75 Å². The van der Waals surface area contributed by atoms with Gasteiger partial charge < -0.3 is 10.5 Å². The Balaban J connectivity index is 2.13. The Morgan fingerprint density at radius 2 is 2.06 bits per heavy atom. The Morgan fingerprint density at radius 1 is 1.17 bits per heavy atom. The van der Waals surface area contributed by atoms with E-state index in [9.17, 15) is 0 Å². The maximum Gasteiger partial charge on any atom is 0.127 e. The summed E-state index contributed by atoms with van der Waals surface area (Å²) >= 11 is 3.51. The summed E-state index contributed by atoms with van der Waals surface area (Å²) in [6.45, 7) is 1.29.